The summed E-state index contributed by atoms with van der Waals surface area (Å²) in [5.41, 5.74) is 3.92. The molecule has 9 nitrogen and oxygen atoms in total. The Labute approximate surface area is 179 Å². The average Bonchev–Trinajstić information content (AvgIpc) is 3.56. The lowest BCUT2D eigenvalue weighted by Crippen LogP contribution is -2.23. The summed E-state index contributed by atoms with van der Waals surface area (Å²) in [6, 6.07) is 11.4. The molecule has 0 aliphatic heterocycles. The molecule has 9 heteroatoms. The molecule has 1 saturated carbocycles. The molecule has 1 fully saturated rings. The fraction of sp³-hybridized carbons (Fsp3) is 0.364. The monoisotopic (exact) mass is 423 g/mol. The second-order valence-corrected chi connectivity index (χ2v) is 7.46. The van der Waals surface area contributed by atoms with E-state index in [4.69, 9.17) is 14.3 Å². The van der Waals surface area contributed by atoms with Gasteiger partial charge in [0.2, 0.25) is 0 Å². The van der Waals surface area contributed by atoms with Gasteiger partial charge < -0.3 is 14.3 Å². The number of oxime groups is 1. The fourth-order valence-electron chi connectivity index (χ4n) is 3.49. The van der Waals surface area contributed by atoms with Gasteiger partial charge in [-0.2, -0.15) is 9.36 Å². The minimum atomic E-state index is -0.347. The molecule has 1 aromatic heterocycles. The maximum Gasteiger partial charge on any atom is 0.368 e. The standard InChI is InChI=1S/C22H25N5O4/c1-14-12-16(21(23-30-4)15-8-9-15)10-11-19(14)31-13-17-18(6-5-7-20(17)29-3)27-22(28)26(2)24-25-27/h5-7,10-12,15H,8-9,13H2,1-4H3/b23-21+. The summed E-state index contributed by atoms with van der Waals surface area (Å²) in [6.07, 6.45) is 2.27. The second-order valence-electron chi connectivity index (χ2n) is 7.46. The fourth-order valence-corrected chi connectivity index (χ4v) is 3.49. The van der Waals surface area contributed by atoms with Gasteiger partial charge in [-0.15, -0.1) is 0 Å². The van der Waals surface area contributed by atoms with E-state index in [1.54, 1.807) is 33.4 Å². The minimum absolute atomic E-state index is 0.199. The van der Waals surface area contributed by atoms with Gasteiger partial charge in [-0.3, -0.25) is 0 Å². The Morgan fingerprint density at radius 2 is 1.97 bits per heavy atom. The number of hydrogen-bond donors (Lipinski definition) is 0. The van der Waals surface area contributed by atoms with E-state index in [9.17, 15) is 4.79 Å². The average molecular weight is 423 g/mol. The highest BCUT2D eigenvalue weighted by molar-refractivity contribution is 6.03. The molecule has 0 atom stereocenters. The lowest BCUT2D eigenvalue weighted by atomic mass is 10.0. The molecule has 31 heavy (non-hydrogen) atoms. The maximum atomic E-state index is 12.4. The van der Waals surface area contributed by atoms with Crippen molar-refractivity contribution in [3.05, 3.63) is 63.6 Å². The van der Waals surface area contributed by atoms with Crippen LogP contribution in [-0.4, -0.2) is 39.7 Å². The van der Waals surface area contributed by atoms with Crippen molar-refractivity contribution in [3.63, 3.8) is 0 Å². The summed E-state index contributed by atoms with van der Waals surface area (Å²) in [7, 11) is 4.70. The van der Waals surface area contributed by atoms with Crippen molar-refractivity contribution in [2.45, 2.75) is 26.4 Å². The number of ether oxygens (including phenoxy) is 2. The lowest BCUT2D eigenvalue weighted by Gasteiger charge is -2.16. The molecule has 1 aliphatic carbocycles. The first-order valence-corrected chi connectivity index (χ1v) is 10.0. The summed E-state index contributed by atoms with van der Waals surface area (Å²) in [4.78, 5) is 17.4. The van der Waals surface area contributed by atoms with E-state index in [0.717, 1.165) is 35.4 Å². The maximum absolute atomic E-state index is 12.4. The van der Waals surface area contributed by atoms with E-state index in [1.165, 1.54) is 9.36 Å². The number of rotatable bonds is 8. The smallest absolute Gasteiger partial charge is 0.368 e. The van der Waals surface area contributed by atoms with E-state index in [2.05, 4.69) is 21.6 Å². The van der Waals surface area contributed by atoms with Crippen molar-refractivity contribution in [2.75, 3.05) is 14.2 Å². The van der Waals surface area contributed by atoms with Gasteiger partial charge in [-0.25, -0.2) is 4.79 Å². The molecule has 0 saturated heterocycles. The molecule has 0 N–H and O–H groups in total. The van der Waals surface area contributed by atoms with Crippen LogP contribution in [0.25, 0.3) is 5.69 Å². The first kappa shape index (κ1) is 20.6. The van der Waals surface area contributed by atoms with E-state index < -0.39 is 0 Å². The quantitative estimate of drug-likeness (QED) is 0.408. The van der Waals surface area contributed by atoms with Crippen molar-refractivity contribution in [1.82, 2.24) is 19.8 Å². The number of hydrogen-bond acceptors (Lipinski definition) is 7. The lowest BCUT2D eigenvalue weighted by molar-refractivity contribution is 0.212. The van der Waals surface area contributed by atoms with E-state index in [-0.39, 0.29) is 12.3 Å². The van der Waals surface area contributed by atoms with Crippen LogP contribution in [0.4, 0.5) is 0 Å². The molecule has 3 aromatic rings. The van der Waals surface area contributed by atoms with Crippen LogP contribution < -0.4 is 15.2 Å². The summed E-state index contributed by atoms with van der Waals surface area (Å²) in [5.74, 6) is 1.81. The topological polar surface area (TPSA) is 92.8 Å². The SMILES string of the molecule is CO/N=C(/c1ccc(OCc2c(OC)cccc2-n2nnn(C)c2=O)c(C)c1)C1CC1. The van der Waals surface area contributed by atoms with Crippen LogP contribution in [-0.2, 0) is 18.5 Å². The molecule has 4 rings (SSSR count). The van der Waals surface area contributed by atoms with Crippen molar-refractivity contribution < 1.29 is 14.3 Å². The third kappa shape index (κ3) is 4.16. The third-order valence-corrected chi connectivity index (χ3v) is 5.27. The summed E-state index contributed by atoms with van der Waals surface area (Å²) in [6.45, 7) is 2.19. The van der Waals surface area contributed by atoms with Crippen LogP contribution in [0.15, 0.2) is 46.3 Å². The molecule has 1 heterocycles. The van der Waals surface area contributed by atoms with Crippen LogP contribution in [0.2, 0.25) is 0 Å². The Hall–Kier alpha value is -3.62. The van der Waals surface area contributed by atoms with Crippen molar-refractivity contribution >= 4 is 5.71 Å². The van der Waals surface area contributed by atoms with Gasteiger partial charge in [-0.05, 0) is 66.1 Å². The van der Waals surface area contributed by atoms with Crippen molar-refractivity contribution in [1.29, 1.82) is 0 Å². The van der Waals surface area contributed by atoms with Crippen LogP contribution in [0.3, 0.4) is 0 Å². The van der Waals surface area contributed by atoms with Gasteiger partial charge in [0, 0.05) is 18.5 Å². The predicted molar refractivity (Wildman–Crippen MR) is 115 cm³/mol. The zero-order valence-electron chi connectivity index (χ0n) is 18.0. The van der Waals surface area contributed by atoms with Crippen molar-refractivity contribution in [3.8, 4) is 17.2 Å². The molecule has 0 unspecified atom stereocenters. The van der Waals surface area contributed by atoms with Gasteiger partial charge >= 0.3 is 5.69 Å². The Kier molecular flexibility index (Phi) is 5.75. The zero-order chi connectivity index (χ0) is 22.0. The van der Waals surface area contributed by atoms with E-state index in [0.29, 0.717) is 22.9 Å². The Morgan fingerprint density at radius 3 is 2.58 bits per heavy atom. The van der Waals surface area contributed by atoms with Crippen LogP contribution in [0.5, 0.6) is 11.5 Å². The molecule has 162 valence electrons. The number of methoxy groups -OCH3 is 1. The molecule has 0 spiro atoms. The highest BCUT2D eigenvalue weighted by Crippen LogP contribution is 2.35. The van der Waals surface area contributed by atoms with Gasteiger partial charge in [0.05, 0.1) is 24.1 Å². The highest BCUT2D eigenvalue weighted by Gasteiger charge is 2.29. The molecule has 1 aliphatic rings. The molecular formula is C22H25N5O4. The number of tetrazole rings is 1. The molecule has 2 aromatic carbocycles. The van der Waals surface area contributed by atoms with E-state index in [1.807, 2.05) is 25.1 Å². The number of aryl methyl sites for hydroxylation is 2. The number of nitrogens with zero attached hydrogens (tertiary/aromatic N) is 5. The van der Waals surface area contributed by atoms with Crippen LogP contribution in [0, 0.1) is 12.8 Å². The van der Waals surface area contributed by atoms with Gasteiger partial charge in [0.15, 0.2) is 0 Å². The third-order valence-electron chi connectivity index (χ3n) is 5.27. The molecule has 0 amide bonds. The summed E-state index contributed by atoms with van der Waals surface area (Å²) < 4.78 is 14.0. The first-order chi connectivity index (χ1) is 15.0. The van der Waals surface area contributed by atoms with Crippen LogP contribution in [0.1, 0.15) is 29.5 Å². The van der Waals surface area contributed by atoms with Gasteiger partial charge in [-0.1, -0.05) is 11.2 Å². The zero-order valence-corrected chi connectivity index (χ0v) is 18.0. The minimum Gasteiger partial charge on any atom is -0.496 e. The Bertz CT molecular complexity index is 1180. The molecule has 0 radical (unpaired) electrons. The normalized spacial score (nSPS) is 13.9. The first-order valence-electron chi connectivity index (χ1n) is 10.0. The van der Waals surface area contributed by atoms with Gasteiger partial charge in [0.1, 0.15) is 25.2 Å². The van der Waals surface area contributed by atoms with Gasteiger partial charge in [0.25, 0.3) is 0 Å². The summed E-state index contributed by atoms with van der Waals surface area (Å²) >= 11 is 0. The predicted octanol–water partition coefficient (Wildman–Crippen LogP) is 2.62. The Morgan fingerprint density at radius 1 is 1.16 bits per heavy atom. The number of benzene rings is 2. The second kappa shape index (κ2) is 8.63. The largest absolute Gasteiger partial charge is 0.496 e. The molecular weight excluding hydrogens is 398 g/mol. The Balaban J connectivity index is 1.62. The van der Waals surface area contributed by atoms with Crippen LogP contribution >= 0.6 is 0 Å². The van der Waals surface area contributed by atoms with Crippen molar-refractivity contribution in [2.24, 2.45) is 18.1 Å². The summed E-state index contributed by atoms with van der Waals surface area (Å²) in [5, 5.41) is 12.0. The number of aromatic nitrogens is 4. The molecule has 0 bridgehead atoms. The highest BCUT2D eigenvalue weighted by atomic mass is 16.6. The van der Waals surface area contributed by atoms with E-state index >= 15 is 0 Å².